The highest BCUT2D eigenvalue weighted by atomic mass is 32.1. The zero-order valence-electron chi connectivity index (χ0n) is 7.55. The molecule has 0 unspecified atom stereocenters. The molecule has 0 saturated carbocycles. The molecule has 0 spiro atoms. The van der Waals surface area contributed by atoms with Crippen molar-refractivity contribution < 1.29 is 0 Å². The molecule has 0 aliphatic rings. The zero-order chi connectivity index (χ0) is 8.36. The van der Waals surface area contributed by atoms with Gasteiger partial charge in [0.1, 0.15) is 0 Å². The second-order valence-electron chi connectivity index (χ2n) is 2.83. The number of thiol groups is 1. The van der Waals surface area contributed by atoms with E-state index in [1.807, 2.05) is 0 Å². The molecular formula is C10H20S. The van der Waals surface area contributed by atoms with Gasteiger partial charge in [-0.25, -0.2) is 0 Å². The van der Waals surface area contributed by atoms with Gasteiger partial charge < -0.3 is 0 Å². The minimum absolute atomic E-state index is 0.978. The van der Waals surface area contributed by atoms with Gasteiger partial charge in [0.25, 0.3) is 0 Å². The molecule has 0 saturated heterocycles. The molecule has 0 aliphatic carbocycles. The molecule has 0 bridgehead atoms. The SMILES string of the molecule is CCCCCCC=CCCS. The van der Waals surface area contributed by atoms with Crippen LogP contribution in [0.5, 0.6) is 0 Å². The Morgan fingerprint density at radius 1 is 1.00 bits per heavy atom. The number of hydrogen-bond donors (Lipinski definition) is 1. The highest BCUT2D eigenvalue weighted by molar-refractivity contribution is 7.80. The van der Waals surface area contributed by atoms with Gasteiger partial charge >= 0.3 is 0 Å². The lowest BCUT2D eigenvalue weighted by Gasteiger charge is -1.93. The molecule has 11 heavy (non-hydrogen) atoms. The number of hydrogen-bond acceptors (Lipinski definition) is 1. The third-order valence-corrected chi connectivity index (χ3v) is 1.94. The van der Waals surface area contributed by atoms with Crippen molar-refractivity contribution in [3.63, 3.8) is 0 Å². The summed E-state index contributed by atoms with van der Waals surface area (Å²) in [7, 11) is 0. The summed E-state index contributed by atoms with van der Waals surface area (Å²) >= 11 is 4.13. The van der Waals surface area contributed by atoms with E-state index in [-0.39, 0.29) is 0 Å². The molecular weight excluding hydrogens is 152 g/mol. The molecule has 1 heteroatoms. The molecule has 0 N–H and O–H groups in total. The zero-order valence-corrected chi connectivity index (χ0v) is 8.45. The van der Waals surface area contributed by atoms with Crippen molar-refractivity contribution in [3.8, 4) is 0 Å². The first-order valence-corrected chi connectivity index (χ1v) is 5.31. The van der Waals surface area contributed by atoms with Crippen LogP contribution in [0.3, 0.4) is 0 Å². The van der Waals surface area contributed by atoms with Gasteiger partial charge in [-0.1, -0.05) is 38.3 Å². The molecule has 0 aromatic heterocycles. The van der Waals surface area contributed by atoms with Crippen LogP contribution in [0.4, 0.5) is 0 Å². The molecule has 66 valence electrons. The van der Waals surface area contributed by atoms with Crippen LogP contribution in [0, 0.1) is 0 Å². The van der Waals surface area contributed by atoms with Crippen LogP contribution in [-0.4, -0.2) is 5.75 Å². The van der Waals surface area contributed by atoms with E-state index >= 15 is 0 Å². The molecule has 0 aliphatic heterocycles. The molecule has 0 rings (SSSR count). The van der Waals surface area contributed by atoms with Gasteiger partial charge in [-0.3, -0.25) is 0 Å². The normalized spacial score (nSPS) is 11.1. The maximum Gasteiger partial charge on any atom is -0.00633 e. The molecule has 0 heterocycles. The van der Waals surface area contributed by atoms with Crippen molar-refractivity contribution in [3.05, 3.63) is 12.2 Å². The third kappa shape index (κ3) is 10.1. The predicted octanol–water partition coefficient (Wildman–Crippen LogP) is 3.83. The summed E-state index contributed by atoms with van der Waals surface area (Å²) < 4.78 is 0. The monoisotopic (exact) mass is 172 g/mol. The fourth-order valence-corrected chi connectivity index (χ4v) is 1.15. The van der Waals surface area contributed by atoms with Gasteiger partial charge in [0, 0.05) is 0 Å². The molecule has 0 aromatic rings. The smallest absolute Gasteiger partial charge is 0.00633 e. The van der Waals surface area contributed by atoms with Gasteiger partial charge in [0.2, 0.25) is 0 Å². The fraction of sp³-hybridized carbons (Fsp3) is 0.800. The van der Waals surface area contributed by atoms with E-state index in [0.29, 0.717) is 0 Å². The Kier molecular flexibility index (Phi) is 10.2. The van der Waals surface area contributed by atoms with Crippen LogP contribution in [0.25, 0.3) is 0 Å². The summed E-state index contributed by atoms with van der Waals surface area (Å²) in [5.74, 6) is 0.978. The Labute approximate surface area is 76.5 Å². The average molecular weight is 172 g/mol. The van der Waals surface area contributed by atoms with Crippen LogP contribution in [0.15, 0.2) is 12.2 Å². The van der Waals surface area contributed by atoms with Crippen LogP contribution >= 0.6 is 12.6 Å². The molecule has 0 radical (unpaired) electrons. The van der Waals surface area contributed by atoms with Crippen molar-refractivity contribution in [2.75, 3.05) is 5.75 Å². The summed E-state index contributed by atoms with van der Waals surface area (Å²) in [5, 5.41) is 0. The first-order chi connectivity index (χ1) is 5.41. The van der Waals surface area contributed by atoms with E-state index in [1.165, 1.54) is 32.1 Å². The molecule has 0 atom stereocenters. The largest absolute Gasteiger partial charge is 0.179 e. The number of unbranched alkanes of at least 4 members (excludes halogenated alkanes) is 4. The molecule has 0 aromatic carbocycles. The summed E-state index contributed by atoms with van der Waals surface area (Å²) in [6.07, 6.45) is 12.4. The van der Waals surface area contributed by atoms with E-state index in [1.54, 1.807) is 0 Å². The third-order valence-electron chi connectivity index (χ3n) is 1.69. The Bertz CT molecular complexity index is 86.9. The summed E-state index contributed by atoms with van der Waals surface area (Å²) in [6, 6.07) is 0. The van der Waals surface area contributed by atoms with Gasteiger partial charge in [0.15, 0.2) is 0 Å². The number of rotatable bonds is 7. The van der Waals surface area contributed by atoms with Gasteiger partial charge in [-0.2, -0.15) is 12.6 Å². The Morgan fingerprint density at radius 2 is 1.73 bits per heavy atom. The predicted molar refractivity (Wildman–Crippen MR) is 56.4 cm³/mol. The maximum absolute atomic E-state index is 4.13. The van der Waals surface area contributed by atoms with E-state index in [4.69, 9.17) is 0 Å². The second kappa shape index (κ2) is 10.1. The van der Waals surface area contributed by atoms with Crippen LogP contribution < -0.4 is 0 Å². The van der Waals surface area contributed by atoms with Crippen LogP contribution in [-0.2, 0) is 0 Å². The van der Waals surface area contributed by atoms with Crippen molar-refractivity contribution in [1.29, 1.82) is 0 Å². The molecule has 0 amide bonds. The summed E-state index contributed by atoms with van der Waals surface area (Å²) in [4.78, 5) is 0. The lowest BCUT2D eigenvalue weighted by atomic mass is 10.1. The molecule has 0 nitrogen and oxygen atoms in total. The van der Waals surface area contributed by atoms with Crippen molar-refractivity contribution in [2.24, 2.45) is 0 Å². The topological polar surface area (TPSA) is 0 Å². The van der Waals surface area contributed by atoms with Gasteiger partial charge in [-0.15, -0.1) is 0 Å². The first kappa shape index (κ1) is 11.1. The fourth-order valence-electron chi connectivity index (χ4n) is 0.999. The highest BCUT2D eigenvalue weighted by Gasteiger charge is 1.83. The number of allylic oxidation sites excluding steroid dienone is 2. The minimum atomic E-state index is 0.978. The van der Waals surface area contributed by atoms with E-state index in [9.17, 15) is 0 Å². The van der Waals surface area contributed by atoms with Crippen LogP contribution in [0.1, 0.15) is 45.4 Å². The maximum atomic E-state index is 4.13. The van der Waals surface area contributed by atoms with E-state index in [0.717, 1.165) is 12.2 Å². The minimum Gasteiger partial charge on any atom is -0.179 e. The standard InChI is InChI=1S/C10H20S/c1-2-3-4-5-6-7-8-9-10-11/h7-8,11H,2-6,9-10H2,1H3. The summed E-state index contributed by atoms with van der Waals surface area (Å²) in [5.41, 5.74) is 0. The average Bonchev–Trinajstić information content (AvgIpc) is 2.03. The Morgan fingerprint density at radius 3 is 2.36 bits per heavy atom. The van der Waals surface area contributed by atoms with Crippen molar-refractivity contribution in [2.45, 2.75) is 45.4 Å². The summed E-state index contributed by atoms with van der Waals surface area (Å²) in [6.45, 7) is 2.25. The highest BCUT2D eigenvalue weighted by Crippen LogP contribution is 2.03. The van der Waals surface area contributed by atoms with Crippen LogP contribution in [0.2, 0.25) is 0 Å². The van der Waals surface area contributed by atoms with Crippen molar-refractivity contribution in [1.82, 2.24) is 0 Å². The second-order valence-corrected chi connectivity index (χ2v) is 3.28. The molecule has 0 fully saturated rings. The van der Waals surface area contributed by atoms with E-state index in [2.05, 4.69) is 31.7 Å². The quantitative estimate of drug-likeness (QED) is 0.337. The Hall–Kier alpha value is 0.0900. The van der Waals surface area contributed by atoms with Crippen molar-refractivity contribution >= 4 is 12.6 Å². The van der Waals surface area contributed by atoms with Gasteiger partial charge in [-0.05, 0) is 25.0 Å². The van der Waals surface area contributed by atoms with Gasteiger partial charge in [0.05, 0.1) is 0 Å². The van der Waals surface area contributed by atoms with E-state index < -0.39 is 0 Å². The first-order valence-electron chi connectivity index (χ1n) is 4.67. The lowest BCUT2D eigenvalue weighted by Crippen LogP contribution is -1.74. The Balaban J connectivity index is 2.89. The lowest BCUT2D eigenvalue weighted by molar-refractivity contribution is 0.674.